The van der Waals surface area contributed by atoms with Gasteiger partial charge in [-0.15, -0.1) is 0 Å². The van der Waals surface area contributed by atoms with Crippen molar-refractivity contribution in [2.24, 2.45) is 11.6 Å². The Kier molecular flexibility index (Phi) is 10.2. The summed E-state index contributed by atoms with van der Waals surface area (Å²) >= 11 is 0. The van der Waals surface area contributed by atoms with Crippen LogP contribution in [0.5, 0.6) is 0 Å². The molecule has 0 aliphatic heterocycles. The van der Waals surface area contributed by atoms with Crippen LogP contribution in [0.3, 0.4) is 0 Å². The SMILES string of the molecule is C/C=C(\C=C/CCN(N)/C(=C\N)CNCc1ccc(B(O)O)cc1)OC. The van der Waals surface area contributed by atoms with Gasteiger partial charge in [0.15, 0.2) is 0 Å². The Morgan fingerprint density at radius 3 is 2.54 bits per heavy atom. The number of allylic oxidation sites excluding steroid dienone is 2. The summed E-state index contributed by atoms with van der Waals surface area (Å²) in [5.74, 6) is 6.86. The quantitative estimate of drug-likeness (QED) is 0.123. The van der Waals surface area contributed by atoms with E-state index >= 15 is 0 Å². The van der Waals surface area contributed by atoms with E-state index in [1.54, 1.807) is 24.3 Å². The Morgan fingerprint density at radius 1 is 1.31 bits per heavy atom. The van der Waals surface area contributed by atoms with Crippen LogP contribution in [0.15, 0.2) is 60.1 Å². The molecule has 0 bridgehead atoms. The first kappa shape index (κ1) is 21.8. The minimum atomic E-state index is -1.45. The van der Waals surface area contributed by atoms with Crippen LogP contribution in [-0.2, 0) is 11.3 Å². The zero-order chi connectivity index (χ0) is 19.4. The standard InChI is InChI=1S/C18H29BN4O3/c1-3-18(26-2)6-4-5-11-23(21)17(12-20)14-22-13-15-7-9-16(10-8-15)19(24)25/h3-4,6-10,12,22,24-25H,5,11,13-14,20-21H2,1-2H3/b6-4-,17-12-,18-3+. The Labute approximate surface area is 155 Å². The van der Waals surface area contributed by atoms with Gasteiger partial charge in [-0.25, -0.2) is 5.84 Å². The van der Waals surface area contributed by atoms with E-state index < -0.39 is 7.12 Å². The average Bonchev–Trinajstić information content (AvgIpc) is 2.65. The van der Waals surface area contributed by atoms with Gasteiger partial charge >= 0.3 is 7.12 Å². The Hall–Kier alpha value is -2.26. The molecule has 0 atom stereocenters. The van der Waals surface area contributed by atoms with Gasteiger partial charge < -0.3 is 30.8 Å². The van der Waals surface area contributed by atoms with Crippen LogP contribution in [-0.4, -0.2) is 42.4 Å². The first-order chi connectivity index (χ1) is 12.5. The predicted octanol–water partition coefficient (Wildman–Crippen LogP) is -0.0717. The van der Waals surface area contributed by atoms with Crippen molar-refractivity contribution in [3.05, 3.63) is 65.7 Å². The molecule has 1 aromatic rings. The second kappa shape index (κ2) is 12.2. The fraction of sp³-hybridized carbons (Fsp3) is 0.333. The highest BCUT2D eigenvalue weighted by atomic mass is 16.5. The summed E-state index contributed by atoms with van der Waals surface area (Å²) in [4.78, 5) is 0. The number of nitrogens with zero attached hydrogens (tertiary/aromatic N) is 1. The van der Waals surface area contributed by atoms with Gasteiger partial charge in [0.1, 0.15) is 5.76 Å². The van der Waals surface area contributed by atoms with Gasteiger partial charge in [-0.2, -0.15) is 0 Å². The molecule has 142 valence electrons. The van der Waals surface area contributed by atoms with Gasteiger partial charge in [0.2, 0.25) is 0 Å². The average molecular weight is 360 g/mol. The van der Waals surface area contributed by atoms with Crippen molar-refractivity contribution in [1.82, 2.24) is 10.3 Å². The summed E-state index contributed by atoms with van der Waals surface area (Å²) in [6, 6.07) is 7.05. The molecule has 0 amide bonds. The van der Waals surface area contributed by atoms with Crippen molar-refractivity contribution in [2.75, 3.05) is 20.2 Å². The van der Waals surface area contributed by atoms with Crippen molar-refractivity contribution in [1.29, 1.82) is 0 Å². The molecule has 1 rings (SSSR count). The van der Waals surface area contributed by atoms with Gasteiger partial charge in [-0.05, 0) is 36.5 Å². The van der Waals surface area contributed by atoms with Crippen molar-refractivity contribution >= 4 is 12.6 Å². The normalized spacial score (nSPS) is 12.5. The number of hydrogen-bond acceptors (Lipinski definition) is 7. The lowest BCUT2D eigenvalue weighted by Crippen LogP contribution is -2.36. The molecule has 0 aliphatic rings. The van der Waals surface area contributed by atoms with E-state index in [1.165, 1.54) is 6.20 Å². The third-order valence-corrected chi connectivity index (χ3v) is 3.81. The molecule has 0 heterocycles. The maximum atomic E-state index is 9.09. The molecule has 0 radical (unpaired) electrons. The largest absolute Gasteiger partial charge is 0.497 e. The van der Waals surface area contributed by atoms with Gasteiger partial charge in [0.05, 0.1) is 12.8 Å². The molecular weight excluding hydrogens is 331 g/mol. The van der Waals surface area contributed by atoms with Gasteiger partial charge in [0.25, 0.3) is 0 Å². The van der Waals surface area contributed by atoms with E-state index in [0.717, 1.165) is 23.4 Å². The van der Waals surface area contributed by atoms with E-state index in [-0.39, 0.29) is 0 Å². The summed E-state index contributed by atoms with van der Waals surface area (Å²) in [6.45, 7) is 3.69. The second-order valence-electron chi connectivity index (χ2n) is 5.66. The molecule has 0 aromatic heterocycles. The van der Waals surface area contributed by atoms with Crippen LogP contribution in [0.2, 0.25) is 0 Å². The smallest absolute Gasteiger partial charge is 0.488 e. The third-order valence-electron chi connectivity index (χ3n) is 3.81. The van der Waals surface area contributed by atoms with Gasteiger partial charge in [0, 0.05) is 25.8 Å². The fourth-order valence-corrected chi connectivity index (χ4v) is 2.24. The topological polar surface area (TPSA) is 117 Å². The maximum absolute atomic E-state index is 9.09. The summed E-state index contributed by atoms with van der Waals surface area (Å²) < 4.78 is 5.15. The number of nitrogens with two attached hydrogens (primary N) is 2. The highest BCUT2D eigenvalue weighted by molar-refractivity contribution is 6.58. The first-order valence-corrected chi connectivity index (χ1v) is 8.47. The molecule has 1 aromatic carbocycles. The Bertz CT molecular complexity index is 615. The lowest BCUT2D eigenvalue weighted by Gasteiger charge is -2.21. The number of benzene rings is 1. The summed E-state index contributed by atoms with van der Waals surface area (Å²) in [5.41, 5.74) is 7.95. The van der Waals surface area contributed by atoms with Gasteiger partial charge in [-0.3, -0.25) is 0 Å². The highest BCUT2D eigenvalue weighted by Gasteiger charge is 2.09. The van der Waals surface area contributed by atoms with Crippen LogP contribution < -0.4 is 22.4 Å². The molecule has 0 saturated heterocycles. The molecule has 7 nitrogen and oxygen atoms in total. The molecule has 7 N–H and O–H groups in total. The second-order valence-corrected chi connectivity index (χ2v) is 5.66. The fourth-order valence-electron chi connectivity index (χ4n) is 2.24. The highest BCUT2D eigenvalue weighted by Crippen LogP contribution is 2.02. The predicted molar refractivity (Wildman–Crippen MR) is 106 cm³/mol. The molecule has 0 spiro atoms. The number of nitrogens with one attached hydrogen (secondary N) is 1. The van der Waals surface area contributed by atoms with Crippen molar-refractivity contribution in [3.8, 4) is 0 Å². The molecular formula is C18H29BN4O3. The summed E-state index contributed by atoms with van der Waals surface area (Å²) in [5, 5.41) is 23.1. The number of hydrogen-bond donors (Lipinski definition) is 5. The molecule has 0 saturated carbocycles. The molecule has 0 fully saturated rings. The van der Waals surface area contributed by atoms with E-state index in [0.29, 0.717) is 25.1 Å². The minimum Gasteiger partial charge on any atom is -0.497 e. The molecule has 0 aliphatic carbocycles. The van der Waals surface area contributed by atoms with Crippen LogP contribution in [0.1, 0.15) is 18.9 Å². The lowest BCUT2D eigenvalue weighted by atomic mass is 9.80. The molecule has 26 heavy (non-hydrogen) atoms. The van der Waals surface area contributed by atoms with E-state index in [2.05, 4.69) is 5.32 Å². The van der Waals surface area contributed by atoms with Crippen molar-refractivity contribution in [2.45, 2.75) is 19.9 Å². The van der Waals surface area contributed by atoms with Crippen molar-refractivity contribution in [3.63, 3.8) is 0 Å². The zero-order valence-electron chi connectivity index (χ0n) is 15.4. The van der Waals surface area contributed by atoms with Crippen LogP contribution in [0.4, 0.5) is 0 Å². The van der Waals surface area contributed by atoms with Crippen LogP contribution in [0, 0.1) is 0 Å². The van der Waals surface area contributed by atoms with Gasteiger partial charge in [-0.1, -0.05) is 30.3 Å². The van der Waals surface area contributed by atoms with E-state index in [1.807, 2.05) is 37.3 Å². The Morgan fingerprint density at radius 2 is 2.00 bits per heavy atom. The maximum Gasteiger partial charge on any atom is 0.488 e. The third kappa shape index (κ3) is 7.75. The van der Waals surface area contributed by atoms with Crippen LogP contribution >= 0.6 is 0 Å². The number of ether oxygens (including phenoxy) is 1. The minimum absolute atomic E-state index is 0.465. The lowest BCUT2D eigenvalue weighted by molar-refractivity contribution is 0.305. The monoisotopic (exact) mass is 360 g/mol. The van der Waals surface area contributed by atoms with E-state index in [9.17, 15) is 0 Å². The molecule has 0 unspecified atom stereocenters. The number of methoxy groups -OCH3 is 1. The van der Waals surface area contributed by atoms with E-state index in [4.69, 9.17) is 26.4 Å². The number of hydrazine groups is 1. The Balaban J connectivity index is 2.39. The first-order valence-electron chi connectivity index (χ1n) is 8.47. The molecule has 8 heteroatoms. The summed E-state index contributed by atoms with van der Waals surface area (Å²) in [7, 11) is 0.186. The van der Waals surface area contributed by atoms with Crippen LogP contribution in [0.25, 0.3) is 0 Å². The number of rotatable bonds is 11. The summed E-state index contributed by atoms with van der Waals surface area (Å²) in [6.07, 6.45) is 8.05. The zero-order valence-corrected chi connectivity index (χ0v) is 15.4. The van der Waals surface area contributed by atoms with Crippen molar-refractivity contribution < 1.29 is 14.8 Å².